The molecule has 1 fully saturated rings. The van der Waals surface area contributed by atoms with Crippen LogP contribution in [0.25, 0.3) is 0 Å². The molecule has 0 saturated heterocycles. The van der Waals surface area contributed by atoms with Crippen LogP contribution in [0, 0.1) is 0 Å². The van der Waals surface area contributed by atoms with Gasteiger partial charge in [0, 0.05) is 30.5 Å². The summed E-state index contributed by atoms with van der Waals surface area (Å²) in [6.45, 7) is 1.93. The van der Waals surface area contributed by atoms with E-state index in [2.05, 4.69) is 10.4 Å². The van der Waals surface area contributed by atoms with Crippen molar-refractivity contribution in [3.8, 4) is 0 Å². The van der Waals surface area contributed by atoms with Gasteiger partial charge < -0.3 is 15.0 Å². The number of hydrogen-bond acceptors (Lipinski definition) is 4. The van der Waals surface area contributed by atoms with E-state index in [4.69, 9.17) is 17.0 Å². The Morgan fingerprint density at radius 2 is 2.24 bits per heavy atom. The number of carbonyl (C=O) groups excluding carboxylic acids is 1. The average molecular weight is 306 g/mol. The van der Waals surface area contributed by atoms with Crippen molar-refractivity contribution in [3.63, 3.8) is 0 Å². The molecule has 0 amide bonds. The summed E-state index contributed by atoms with van der Waals surface area (Å²) >= 11 is 5.48. The second kappa shape index (κ2) is 5.14. The number of nitrogens with zero attached hydrogens (tertiary/aromatic N) is 3. The van der Waals surface area contributed by atoms with Crippen molar-refractivity contribution in [1.82, 2.24) is 20.0 Å². The van der Waals surface area contributed by atoms with E-state index in [9.17, 15) is 4.79 Å². The lowest BCUT2D eigenvalue weighted by Crippen LogP contribution is -2.48. The molecule has 1 aromatic heterocycles. The van der Waals surface area contributed by atoms with Gasteiger partial charge in [0.1, 0.15) is 0 Å². The summed E-state index contributed by atoms with van der Waals surface area (Å²) in [5, 5.41) is 8.09. The lowest BCUT2D eigenvalue weighted by Gasteiger charge is -2.37. The Morgan fingerprint density at radius 1 is 1.52 bits per heavy atom. The first-order valence-electron chi connectivity index (χ1n) is 6.90. The van der Waals surface area contributed by atoms with E-state index in [1.807, 2.05) is 25.1 Å². The van der Waals surface area contributed by atoms with Crippen molar-refractivity contribution < 1.29 is 9.53 Å². The number of nitrogens with one attached hydrogen (secondary N) is 1. The normalized spacial score (nSPS) is 22.3. The van der Waals surface area contributed by atoms with Gasteiger partial charge in [0.05, 0.1) is 24.9 Å². The summed E-state index contributed by atoms with van der Waals surface area (Å²) in [7, 11) is 3.24. The Bertz CT molecular complexity index is 633. The molecule has 1 aromatic rings. The standard InChI is InChI=1S/C14H18N4O2S/c1-8-11(13(19)20-3)12(9-6-15-17(2)7-9)16-14(21)18(8)10-4-5-10/h6-7,10,12H,4-5H2,1-3H3,(H,16,21). The highest BCUT2D eigenvalue weighted by Crippen LogP contribution is 2.37. The van der Waals surface area contributed by atoms with Crippen LogP contribution in [0.15, 0.2) is 23.7 Å². The predicted molar refractivity (Wildman–Crippen MR) is 81.3 cm³/mol. The van der Waals surface area contributed by atoms with E-state index < -0.39 is 0 Å². The van der Waals surface area contributed by atoms with Crippen LogP contribution in [0.4, 0.5) is 0 Å². The van der Waals surface area contributed by atoms with Crippen LogP contribution in [-0.4, -0.2) is 38.9 Å². The number of methoxy groups -OCH3 is 1. The van der Waals surface area contributed by atoms with Crippen molar-refractivity contribution in [2.75, 3.05) is 7.11 Å². The number of esters is 1. The maximum absolute atomic E-state index is 12.2. The quantitative estimate of drug-likeness (QED) is 0.670. The summed E-state index contributed by atoms with van der Waals surface area (Å²) < 4.78 is 6.67. The van der Waals surface area contributed by atoms with Crippen LogP contribution < -0.4 is 5.32 Å². The van der Waals surface area contributed by atoms with E-state index in [1.54, 1.807) is 10.9 Å². The van der Waals surface area contributed by atoms with Gasteiger partial charge in [-0.1, -0.05) is 0 Å². The molecule has 0 aromatic carbocycles. The second-order valence-electron chi connectivity index (χ2n) is 5.42. The zero-order chi connectivity index (χ0) is 15.1. The molecule has 2 heterocycles. The zero-order valence-electron chi connectivity index (χ0n) is 12.3. The van der Waals surface area contributed by atoms with E-state index in [-0.39, 0.29) is 12.0 Å². The average Bonchev–Trinajstić information content (AvgIpc) is 3.18. The fourth-order valence-electron chi connectivity index (χ4n) is 2.74. The molecule has 0 radical (unpaired) electrons. The van der Waals surface area contributed by atoms with Gasteiger partial charge in [-0.3, -0.25) is 4.68 Å². The summed E-state index contributed by atoms with van der Waals surface area (Å²) in [4.78, 5) is 14.3. The van der Waals surface area contributed by atoms with Crippen molar-refractivity contribution in [3.05, 3.63) is 29.2 Å². The van der Waals surface area contributed by atoms with Gasteiger partial charge in [-0.2, -0.15) is 5.10 Å². The predicted octanol–water partition coefficient (Wildman–Crippen LogP) is 1.26. The fourth-order valence-corrected chi connectivity index (χ4v) is 3.15. The number of aromatic nitrogens is 2. The fraction of sp³-hybridized carbons (Fsp3) is 0.500. The van der Waals surface area contributed by atoms with Gasteiger partial charge in [0.15, 0.2) is 5.11 Å². The van der Waals surface area contributed by atoms with Crippen molar-refractivity contribution in [2.24, 2.45) is 7.05 Å². The minimum atomic E-state index is -0.331. The van der Waals surface area contributed by atoms with E-state index in [0.29, 0.717) is 16.7 Å². The molecule has 1 aliphatic carbocycles. The summed E-state index contributed by atoms with van der Waals surface area (Å²) in [6, 6.07) is 0.0909. The smallest absolute Gasteiger partial charge is 0.337 e. The molecule has 6 nitrogen and oxygen atoms in total. The van der Waals surface area contributed by atoms with Crippen LogP contribution in [0.1, 0.15) is 31.4 Å². The monoisotopic (exact) mass is 306 g/mol. The molecule has 1 unspecified atom stereocenters. The Kier molecular flexibility index (Phi) is 3.44. The largest absolute Gasteiger partial charge is 0.466 e. The molecule has 1 N–H and O–H groups in total. The van der Waals surface area contributed by atoms with Gasteiger partial charge in [0.25, 0.3) is 0 Å². The number of hydrogen-bond donors (Lipinski definition) is 1. The number of allylic oxidation sites excluding steroid dienone is 1. The van der Waals surface area contributed by atoms with E-state index >= 15 is 0 Å². The number of thiocarbonyl (C=S) groups is 1. The first-order chi connectivity index (χ1) is 10.0. The Labute approximate surface area is 128 Å². The van der Waals surface area contributed by atoms with Crippen LogP contribution in [0.2, 0.25) is 0 Å². The molecule has 21 heavy (non-hydrogen) atoms. The maximum Gasteiger partial charge on any atom is 0.337 e. The second-order valence-corrected chi connectivity index (χ2v) is 5.81. The number of carbonyl (C=O) groups is 1. The lowest BCUT2D eigenvalue weighted by molar-refractivity contribution is -0.136. The Morgan fingerprint density at radius 3 is 2.76 bits per heavy atom. The maximum atomic E-state index is 12.2. The van der Waals surface area contributed by atoms with Crippen LogP contribution in [0.3, 0.4) is 0 Å². The molecular formula is C14H18N4O2S. The van der Waals surface area contributed by atoms with Crippen LogP contribution >= 0.6 is 12.2 Å². The van der Waals surface area contributed by atoms with Crippen molar-refractivity contribution >= 4 is 23.3 Å². The summed E-state index contributed by atoms with van der Waals surface area (Å²) in [5.74, 6) is -0.331. The van der Waals surface area contributed by atoms with Crippen molar-refractivity contribution in [1.29, 1.82) is 0 Å². The number of rotatable bonds is 3. The van der Waals surface area contributed by atoms with Crippen LogP contribution in [0.5, 0.6) is 0 Å². The molecule has 3 rings (SSSR count). The third-order valence-corrected chi connectivity index (χ3v) is 4.22. The van der Waals surface area contributed by atoms with Crippen molar-refractivity contribution in [2.45, 2.75) is 31.8 Å². The minimum absolute atomic E-state index is 0.311. The lowest BCUT2D eigenvalue weighted by atomic mass is 9.97. The van der Waals surface area contributed by atoms with E-state index in [1.165, 1.54) is 7.11 Å². The Hall–Kier alpha value is -1.89. The molecule has 1 atom stereocenters. The SMILES string of the molecule is COC(=O)C1=C(C)N(C2CC2)C(=S)NC1c1cnn(C)c1. The molecule has 1 aliphatic heterocycles. The number of aryl methyl sites for hydroxylation is 1. The van der Waals surface area contributed by atoms with Gasteiger partial charge in [-0.25, -0.2) is 4.79 Å². The highest BCUT2D eigenvalue weighted by atomic mass is 32.1. The summed E-state index contributed by atoms with van der Waals surface area (Å²) in [6.07, 6.45) is 5.82. The summed E-state index contributed by atoms with van der Waals surface area (Å²) in [5.41, 5.74) is 2.38. The third kappa shape index (κ3) is 2.42. The molecule has 2 aliphatic rings. The molecule has 7 heteroatoms. The van der Waals surface area contributed by atoms with Crippen LogP contribution in [-0.2, 0) is 16.6 Å². The molecular weight excluding hydrogens is 288 g/mol. The molecule has 112 valence electrons. The Balaban J connectivity index is 2.06. The number of ether oxygens (including phenoxy) is 1. The molecule has 0 spiro atoms. The van der Waals surface area contributed by atoms with E-state index in [0.717, 1.165) is 24.1 Å². The topological polar surface area (TPSA) is 59.4 Å². The zero-order valence-corrected chi connectivity index (χ0v) is 13.1. The minimum Gasteiger partial charge on any atom is -0.466 e. The van der Waals surface area contributed by atoms with Gasteiger partial charge in [0.2, 0.25) is 0 Å². The van der Waals surface area contributed by atoms with Gasteiger partial charge >= 0.3 is 5.97 Å². The highest BCUT2D eigenvalue weighted by Gasteiger charge is 2.40. The molecule has 1 saturated carbocycles. The first-order valence-corrected chi connectivity index (χ1v) is 7.31. The highest BCUT2D eigenvalue weighted by molar-refractivity contribution is 7.80. The first kappa shape index (κ1) is 14.1. The third-order valence-electron chi connectivity index (χ3n) is 3.90. The van der Waals surface area contributed by atoms with Gasteiger partial charge in [-0.15, -0.1) is 0 Å². The molecule has 0 bridgehead atoms. The van der Waals surface area contributed by atoms with Gasteiger partial charge in [-0.05, 0) is 32.0 Å².